The van der Waals surface area contributed by atoms with Gasteiger partial charge in [-0.2, -0.15) is 0 Å². The maximum Gasteiger partial charge on any atom is 0.165 e. The summed E-state index contributed by atoms with van der Waals surface area (Å²) in [7, 11) is 3.67. The zero-order valence-electron chi connectivity index (χ0n) is 12.3. The van der Waals surface area contributed by atoms with Crippen molar-refractivity contribution in [3.8, 4) is 11.5 Å². The fourth-order valence-electron chi connectivity index (χ4n) is 3.79. The Morgan fingerprint density at radius 1 is 1.29 bits per heavy atom. The maximum absolute atomic E-state index is 12.0. The van der Waals surface area contributed by atoms with Gasteiger partial charge >= 0.3 is 0 Å². The molecule has 0 aromatic heterocycles. The number of ketones is 1. The van der Waals surface area contributed by atoms with E-state index in [1.165, 1.54) is 11.1 Å². The summed E-state index contributed by atoms with van der Waals surface area (Å²) in [5.41, 5.74) is 2.44. The summed E-state index contributed by atoms with van der Waals surface area (Å²) in [6.07, 6.45) is 0.752. The lowest BCUT2D eigenvalue weighted by atomic mass is 9.78. The average Bonchev–Trinajstić information content (AvgIpc) is 2.82. The molecule has 0 spiro atoms. The zero-order chi connectivity index (χ0) is 14.6. The predicted molar refractivity (Wildman–Crippen MR) is 75.6 cm³/mol. The van der Waals surface area contributed by atoms with Gasteiger partial charge in [-0.05, 0) is 18.7 Å². The highest BCUT2D eigenvalue weighted by Gasteiger charge is 2.48. The van der Waals surface area contributed by atoms with E-state index in [4.69, 9.17) is 14.2 Å². The summed E-state index contributed by atoms with van der Waals surface area (Å²) in [6, 6.07) is 4.07. The van der Waals surface area contributed by atoms with Gasteiger partial charge in [-0.3, -0.25) is 9.69 Å². The molecule has 2 heterocycles. The number of nitrogens with zero attached hydrogens (tertiary/aromatic N) is 1. The first kappa shape index (κ1) is 13.1. The molecule has 1 aliphatic carbocycles. The normalized spacial score (nSPS) is 31.1. The van der Waals surface area contributed by atoms with Gasteiger partial charge < -0.3 is 14.2 Å². The van der Waals surface area contributed by atoms with Gasteiger partial charge in [-0.15, -0.1) is 0 Å². The highest BCUT2D eigenvalue weighted by atomic mass is 16.5. The second-order valence-electron chi connectivity index (χ2n) is 6.15. The minimum absolute atomic E-state index is 0.0916. The van der Waals surface area contributed by atoms with Crippen molar-refractivity contribution in [1.82, 2.24) is 4.90 Å². The third-order valence-electron chi connectivity index (χ3n) is 4.68. The van der Waals surface area contributed by atoms with Crippen molar-refractivity contribution in [2.75, 3.05) is 20.9 Å². The van der Waals surface area contributed by atoms with Crippen LogP contribution in [0.4, 0.5) is 0 Å². The van der Waals surface area contributed by atoms with Crippen LogP contribution in [0.25, 0.3) is 0 Å². The molecule has 0 amide bonds. The van der Waals surface area contributed by atoms with E-state index in [1.807, 2.05) is 13.1 Å². The quantitative estimate of drug-likeness (QED) is 0.787. The van der Waals surface area contributed by atoms with Crippen LogP contribution < -0.4 is 9.47 Å². The maximum atomic E-state index is 12.0. The number of rotatable bonds is 1. The lowest BCUT2D eigenvalue weighted by Gasteiger charge is -2.35. The summed E-state index contributed by atoms with van der Waals surface area (Å²) in [4.78, 5) is 14.1. The number of carbonyl (C=O) groups excluding carboxylic acids is 1. The van der Waals surface area contributed by atoms with Gasteiger partial charge in [0.15, 0.2) is 11.5 Å². The largest absolute Gasteiger partial charge is 0.493 e. The standard InChI is InChI=1S/C16H19NO4/c1-17-7-9-3-4-11(19-2)16-14(9)15-12(20-8-17)5-10(18)6-13(15)21-16/h3-4,12-13,15H,5-8H2,1-2H3/t12-,13-,15?/m0/s1. The monoisotopic (exact) mass is 289 g/mol. The van der Waals surface area contributed by atoms with Crippen molar-refractivity contribution in [3.63, 3.8) is 0 Å². The van der Waals surface area contributed by atoms with Gasteiger partial charge in [0.05, 0.1) is 25.9 Å². The minimum Gasteiger partial charge on any atom is -0.493 e. The van der Waals surface area contributed by atoms with E-state index in [9.17, 15) is 4.79 Å². The van der Waals surface area contributed by atoms with Crippen molar-refractivity contribution in [2.45, 2.75) is 37.5 Å². The van der Waals surface area contributed by atoms with E-state index < -0.39 is 0 Å². The number of carbonyl (C=O) groups is 1. The Labute approximate surface area is 123 Å². The Bertz CT molecular complexity index is 600. The molecular formula is C16H19NO4. The molecule has 1 fully saturated rings. The van der Waals surface area contributed by atoms with Crippen molar-refractivity contribution in [1.29, 1.82) is 0 Å². The molecule has 1 unspecified atom stereocenters. The number of benzene rings is 1. The Hall–Kier alpha value is -1.59. The molecule has 3 aliphatic rings. The summed E-state index contributed by atoms with van der Waals surface area (Å²) in [6.45, 7) is 1.36. The molecule has 1 aromatic carbocycles. The summed E-state index contributed by atoms with van der Waals surface area (Å²) in [5.74, 6) is 1.93. The number of Topliss-reactive ketones (excluding diaryl/α,β-unsaturated/α-hetero) is 1. The van der Waals surface area contributed by atoms with Crippen LogP contribution in [0.15, 0.2) is 12.1 Å². The smallest absolute Gasteiger partial charge is 0.165 e. The molecule has 3 atom stereocenters. The number of hydrogen-bond donors (Lipinski definition) is 0. The van der Waals surface area contributed by atoms with Crippen LogP contribution in [0.2, 0.25) is 0 Å². The second kappa shape index (κ2) is 4.71. The summed E-state index contributed by atoms with van der Waals surface area (Å²) >= 11 is 0. The van der Waals surface area contributed by atoms with E-state index in [0.29, 0.717) is 19.6 Å². The van der Waals surface area contributed by atoms with Crippen molar-refractivity contribution >= 4 is 5.78 Å². The molecule has 5 heteroatoms. The van der Waals surface area contributed by atoms with Crippen molar-refractivity contribution < 1.29 is 19.0 Å². The lowest BCUT2D eigenvalue weighted by molar-refractivity contribution is -0.132. The van der Waals surface area contributed by atoms with Gasteiger partial charge in [-0.25, -0.2) is 0 Å². The molecule has 4 rings (SSSR count). The van der Waals surface area contributed by atoms with Crippen LogP contribution in [-0.2, 0) is 16.1 Å². The third-order valence-corrected chi connectivity index (χ3v) is 4.68. The molecule has 5 nitrogen and oxygen atoms in total. The zero-order valence-corrected chi connectivity index (χ0v) is 12.3. The number of hydrogen-bond acceptors (Lipinski definition) is 5. The number of methoxy groups -OCH3 is 1. The molecule has 1 aromatic rings. The van der Waals surface area contributed by atoms with Gasteiger partial charge in [0.1, 0.15) is 11.9 Å². The highest BCUT2D eigenvalue weighted by molar-refractivity contribution is 5.81. The molecule has 0 bridgehead atoms. The molecule has 0 N–H and O–H groups in total. The van der Waals surface area contributed by atoms with E-state index in [2.05, 4.69) is 11.0 Å². The number of ether oxygens (including phenoxy) is 3. The fourth-order valence-corrected chi connectivity index (χ4v) is 3.79. The van der Waals surface area contributed by atoms with Crippen LogP contribution >= 0.6 is 0 Å². The van der Waals surface area contributed by atoms with Crippen LogP contribution in [0.5, 0.6) is 11.5 Å². The summed E-state index contributed by atoms with van der Waals surface area (Å²) < 4.78 is 17.5. The van der Waals surface area contributed by atoms with Crippen LogP contribution in [0, 0.1) is 0 Å². The van der Waals surface area contributed by atoms with Crippen LogP contribution in [-0.4, -0.2) is 43.8 Å². The lowest BCUT2D eigenvalue weighted by Crippen LogP contribution is -2.42. The molecule has 1 saturated carbocycles. The van der Waals surface area contributed by atoms with Crippen molar-refractivity contribution in [3.05, 3.63) is 23.3 Å². The van der Waals surface area contributed by atoms with E-state index in [0.717, 1.165) is 18.0 Å². The summed E-state index contributed by atoms with van der Waals surface area (Å²) in [5, 5.41) is 0. The van der Waals surface area contributed by atoms with Gasteiger partial charge in [0.2, 0.25) is 0 Å². The van der Waals surface area contributed by atoms with Gasteiger partial charge in [0, 0.05) is 24.9 Å². The van der Waals surface area contributed by atoms with Gasteiger partial charge in [-0.1, -0.05) is 6.07 Å². The Balaban J connectivity index is 1.88. The Morgan fingerprint density at radius 3 is 2.90 bits per heavy atom. The highest BCUT2D eigenvalue weighted by Crippen LogP contribution is 2.52. The fraction of sp³-hybridized carbons (Fsp3) is 0.562. The Kier molecular flexibility index (Phi) is 2.94. The minimum atomic E-state index is -0.107. The average molecular weight is 289 g/mol. The van der Waals surface area contributed by atoms with Crippen molar-refractivity contribution in [2.24, 2.45) is 0 Å². The molecule has 0 radical (unpaired) electrons. The first-order valence-electron chi connectivity index (χ1n) is 7.35. The molecular weight excluding hydrogens is 270 g/mol. The Morgan fingerprint density at radius 2 is 2.10 bits per heavy atom. The molecule has 2 aliphatic heterocycles. The molecule has 21 heavy (non-hydrogen) atoms. The van der Waals surface area contributed by atoms with Crippen LogP contribution in [0.3, 0.4) is 0 Å². The first-order chi connectivity index (χ1) is 10.2. The topological polar surface area (TPSA) is 48.0 Å². The van der Waals surface area contributed by atoms with Gasteiger partial charge in [0.25, 0.3) is 0 Å². The molecule has 0 saturated heterocycles. The van der Waals surface area contributed by atoms with E-state index in [1.54, 1.807) is 7.11 Å². The third kappa shape index (κ3) is 1.95. The van der Waals surface area contributed by atoms with E-state index >= 15 is 0 Å². The van der Waals surface area contributed by atoms with E-state index in [-0.39, 0.29) is 23.9 Å². The second-order valence-corrected chi connectivity index (χ2v) is 6.15. The molecule has 112 valence electrons. The predicted octanol–water partition coefficient (Wildman–Crippen LogP) is 1.69. The first-order valence-corrected chi connectivity index (χ1v) is 7.35. The SMILES string of the molecule is COc1ccc2c3c1O[C@H]1CC(=O)C[C@H](OCN(C)C2)C31. The van der Waals surface area contributed by atoms with Crippen LogP contribution in [0.1, 0.15) is 29.9 Å².